The zero-order chi connectivity index (χ0) is 16.2. The lowest BCUT2D eigenvalue weighted by molar-refractivity contribution is -0.141. The smallest absolute Gasteiger partial charge is 0.381 e. The SMILES string of the molecule is O=C(Cn1ccc(C(F)(F)F)n1)NCC(Br)=C1CCOCC1. The van der Waals surface area contributed by atoms with E-state index in [0.29, 0.717) is 19.8 Å². The Hall–Kier alpha value is -1.35. The van der Waals surface area contributed by atoms with Crippen LogP contribution in [0.4, 0.5) is 13.2 Å². The molecule has 0 saturated carbocycles. The largest absolute Gasteiger partial charge is 0.435 e. The summed E-state index contributed by atoms with van der Waals surface area (Å²) in [6.45, 7) is 1.37. The number of hydrogen-bond donors (Lipinski definition) is 1. The number of ether oxygens (including phenoxy) is 1. The van der Waals surface area contributed by atoms with Gasteiger partial charge in [0.2, 0.25) is 5.91 Å². The van der Waals surface area contributed by atoms with E-state index in [1.54, 1.807) is 0 Å². The Balaban J connectivity index is 1.84. The molecule has 1 aromatic rings. The van der Waals surface area contributed by atoms with Gasteiger partial charge >= 0.3 is 6.18 Å². The van der Waals surface area contributed by atoms with E-state index in [0.717, 1.165) is 34.3 Å². The number of nitrogens with one attached hydrogen (secondary N) is 1. The van der Waals surface area contributed by atoms with Crippen LogP contribution in [-0.4, -0.2) is 35.4 Å². The third-order valence-corrected chi connectivity index (χ3v) is 4.00. The molecule has 1 fully saturated rings. The van der Waals surface area contributed by atoms with Gasteiger partial charge in [-0.2, -0.15) is 18.3 Å². The van der Waals surface area contributed by atoms with Gasteiger partial charge in [0.25, 0.3) is 0 Å². The molecule has 5 nitrogen and oxygen atoms in total. The third-order valence-electron chi connectivity index (χ3n) is 3.16. The number of halogens is 4. The highest BCUT2D eigenvalue weighted by atomic mass is 79.9. The fourth-order valence-corrected chi connectivity index (χ4v) is 2.53. The summed E-state index contributed by atoms with van der Waals surface area (Å²) in [5, 5.41) is 5.98. The lowest BCUT2D eigenvalue weighted by Gasteiger charge is -2.17. The van der Waals surface area contributed by atoms with Crippen molar-refractivity contribution in [3.63, 3.8) is 0 Å². The molecule has 122 valence electrons. The Kier molecular flexibility index (Phi) is 5.63. The number of rotatable bonds is 4. The Morgan fingerprint density at radius 1 is 1.41 bits per heavy atom. The number of amides is 1. The second-order valence-corrected chi connectivity index (χ2v) is 5.75. The summed E-state index contributed by atoms with van der Waals surface area (Å²) >= 11 is 3.42. The topological polar surface area (TPSA) is 56.2 Å². The second-order valence-electron chi connectivity index (χ2n) is 4.79. The van der Waals surface area contributed by atoms with Crippen molar-refractivity contribution in [3.05, 3.63) is 28.0 Å². The standard InChI is InChI=1S/C13H15BrF3N3O2/c14-10(9-2-5-22-6-3-9)7-18-12(21)8-20-4-1-11(19-20)13(15,16)17/h1,4H,2-3,5-8H2,(H,18,21). The van der Waals surface area contributed by atoms with Crippen LogP contribution >= 0.6 is 15.9 Å². The summed E-state index contributed by atoms with van der Waals surface area (Å²) in [7, 11) is 0. The van der Waals surface area contributed by atoms with Gasteiger partial charge in [-0.25, -0.2) is 0 Å². The van der Waals surface area contributed by atoms with E-state index in [1.165, 1.54) is 5.57 Å². The Morgan fingerprint density at radius 3 is 2.68 bits per heavy atom. The van der Waals surface area contributed by atoms with Crippen molar-refractivity contribution in [1.82, 2.24) is 15.1 Å². The molecule has 0 radical (unpaired) electrons. The van der Waals surface area contributed by atoms with Crippen LogP contribution in [0.5, 0.6) is 0 Å². The highest BCUT2D eigenvalue weighted by Gasteiger charge is 2.33. The summed E-state index contributed by atoms with van der Waals surface area (Å²) in [5.74, 6) is -0.401. The maximum Gasteiger partial charge on any atom is 0.435 e. The molecule has 1 aliphatic heterocycles. The van der Waals surface area contributed by atoms with Crippen molar-refractivity contribution in [2.45, 2.75) is 25.6 Å². The number of alkyl halides is 3. The maximum absolute atomic E-state index is 12.4. The average Bonchev–Trinajstić information content (AvgIpc) is 2.94. The van der Waals surface area contributed by atoms with Gasteiger partial charge in [-0.3, -0.25) is 9.48 Å². The zero-order valence-electron chi connectivity index (χ0n) is 11.6. The number of aromatic nitrogens is 2. The maximum atomic E-state index is 12.4. The Bertz CT molecular complexity index is 561. The van der Waals surface area contributed by atoms with E-state index in [2.05, 4.69) is 26.3 Å². The molecule has 1 N–H and O–H groups in total. The van der Waals surface area contributed by atoms with Gasteiger partial charge in [0.15, 0.2) is 5.69 Å². The minimum absolute atomic E-state index is 0.255. The van der Waals surface area contributed by atoms with Crippen LogP contribution in [0.25, 0.3) is 0 Å². The van der Waals surface area contributed by atoms with E-state index < -0.39 is 17.8 Å². The van der Waals surface area contributed by atoms with Crippen LogP contribution in [-0.2, 0) is 22.3 Å². The van der Waals surface area contributed by atoms with Crippen molar-refractivity contribution in [2.24, 2.45) is 0 Å². The van der Waals surface area contributed by atoms with Crippen LogP contribution in [0.2, 0.25) is 0 Å². The van der Waals surface area contributed by atoms with Crippen LogP contribution in [0.3, 0.4) is 0 Å². The molecule has 1 aliphatic rings. The molecule has 1 amide bonds. The number of carbonyl (C=O) groups is 1. The Labute approximate surface area is 133 Å². The molecule has 2 heterocycles. The first-order valence-corrected chi connectivity index (χ1v) is 7.47. The van der Waals surface area contributed by atoms with Crippen molar-refractivity contribution in [2.75, 3.05) is 19.8 Å². The molecule has 0 aromatic carbocycles. The fraction of sp³-hybridized carbons (Fsp3) is 0.538. The highest BCUT2D eigenvalue weighted by molar-refractivity contribution is 9.11. The van der Waals surface area contributed by atoms with Crippen molar-refractivity contribution in [3.8, 4) is 0 Å². The minimum atomic E-state index is -4.50. The van der Waals surface area contributed by atoms with Gasteiger partial charge in [-0.15, -0.1) is 0 Å². The molecule has 2 rings (SSSR count). The zero-order valence-corrected chi connectivity index (χ0v) is 13.2. The van der Waals surface area contributed by atoms with E-state index in [9.17, 15) is 18.0 Å². The lowest BCUT2D eigenvalue weighted by atomic mass is 10.1. The molecular weight excluding hydrogens is 367 g/mol. The molecule has 9 heteroatoms. The number of hydrogen-bond acceptors (Lipinski definition) is 3. The quantitative estimate of drug-likeness (QED) is 0.871. The van der Waals surface area contributed by atoms with Gasteiger partial charge in [-0.1, -0.05) is 21.5 Å². The normalized spacial score (nSPS) is 15.7. The molecule has 1 saturated heterocycles. The van der Waals surface area contributed by atoms with E-state index in [1.807, 2.05) is 0 Å². The van der Waals surface area contributed by atoms with Gasteiger partial charge in [-0.05, 0) is 18.9 Å². The van der Waals surface area contributed by atoms with E-state index in [-0.39, 0.29) is 6.54 Å². The van der Waals surface area contributed by atoms with E-state index in [4.69, 9.17) is 4.74 Å². The minimum Gasteiger partial charge on any atom is -0.381 e. The lowest BCUT2D eigenvalue weighted by Crippen LogP contribution is -2.29. The van der Waals surface area contributed by atoms with Gasteiger partial charge < -0.3 is 10.1 Å². The van der Waals surface area contributed by atoms with Crippen LogP contribution in [0.1, 0.15) is 18.5 Å². The van der Waals surface area contributed by atoms with Crippen LogP contribution in [0, 0.1) is 0 Å². The van der Waals surface area contributed by atoms with Crippen LogP contribution in [0.15, 0.2) is 22.3 Å². The molecule has 1 aromatic heterocycles. The van der Waals surface area contributed by atoms with Gasteiger partial charge in [0.05, 0.1) is 13.2 Å². The number of carbonyl (C=O) groups excluding carboxylic acids is 1. The van der Waals surface area contributed by atoms with Crippen molar-refractivity contribution < 1.29 is 22.7 Å². The first-order chi connectivity index (χ1) is 10.4. The molecule has 22 heavy (non-hydrogen) atoms. The molecule has 0 unspecified atom stereocenters. The predicted octanol–water partition coefficient (Wildman–Crippen LogP) is 2.48. The summed E-state index contributed by atoms with van der Waals surface area (Å²) in [4.78, 5) is 11.7. The molecule has 0 atom stereocenters. The summed E-state index contributed by atoms with van der Waals surface area (Å²) < 4.78 is 44.3. The molecule has 0 bridgehead atoms. The van der Waals surface area contributed by atoms with Gasteiger partial charge in [0.1, 0.15) is 6.54 Å². The summed E-state index contributed by atoms with van der Waals surface area (Å²) in [6.07, 6.45) is -1.75. The fourth-order valence-electron chi connectivity index (χ4n) is 1.99. The first kappa shape index (κ1) is 17.0. The van der Waals surface area contributed by atoms with Crippen molar-refractivity contribution >= 4 is 21.8 Å². The summed E-state index contributed by atoms with van der Waals surface area (Å²) in [5.41, 5.74) is 0.177. The van der Waals surface area contributed by atoms with Crippen molar-refractivity contribution in [1.29, 1.82) is 0 Å². The molecule has 0 aliphatic carbocycles. The van der Waals surface area contributed by atoms with Crippen LogP contribution < -0.4 is 5.32 Å². The highest BCUT2D eigenvalue weighted by Crippen LogP contribution is 2.27. The third kappa shape index (κ3) is 4.84. The number of nitrogens with zero attached hydrogens (tertiary/aromatic N) is 2. The second kappa shape index (κ2) is 7.28. The molecular formula is C13H15BrF3N3O2. The monoisotopic (exact) mass is 381 g/mol. The Morgan fingerprint density at radius 2 is 2.09 bits per heavy atom. The molecule has 0 spiro atoms. The first-order valence-electron chi connectivity index (χ1n) is 6.68. The predicted molar refractivity (Wildman–Crippen MR) is 76.2 cm³/mol. The average molecular weight is 382 g/mol. The van der Waals surface area contributed by atoms with Gasteiger partial charge in [0, 0.05) is 17.2 Å². The van der Waals surface area contributed by atoms with E-state index >= 15 is 0 Å². The summed E-state index contributed by atoms with van der Waals surface area (Å²) in [6, 6.07) is 0.840.